The fraction of sp³-hybridized carbons (Fsp3) is 0.833. The average molecular weight is 348 g/mol. The van der Waals surface area contributed by atoms with Gasteiger partial charge in [0.25, 0.3) is 0 Å². The zero-order valence-corrected chi connectivity index (χ0v) is 14.8. The number of carbonyl (C=O) groups is 1. The van der Waals surface area contributed by atoms with Gasteiger partial charge in [-0.25, -0.2) is 0 Å². The maximum atomic E-state index is 12.5. The topological polar surface area (TPSA) is 82.7 Å². The number of likely N-dealkylation sites (tertiary alicyclic amines) is 2. The molecule has 1 amide bonds. The van der Waals surface area contributed by atoms with Gasteiger partial charge in [-0.05, 0) is 63.5 Å². The number of hydrogen-bond donors (Lipinski definition) is 1. The molecule has 2 aliphatic heterocycles. The van der Waals surface area contributed by atoms with E-state index in [1.54, 1.807) is 0 Å². The lowest BCUT2D eigenvalue weighted by molar-refractivity contribution is -0.144. The molecule has 1 N–H and O–H groups in total. The van der Waals surface area contributed by atoms with Crippen LogP contribution in [0.25, 0.3) is 0 Å². The summed E-state index contributed by atoms with van der Waals surface area (Å²) in [6.07, 6.45) is 8.75. The Morgan fingerprint density at radius 3 is 2.64 bits per heavy atom. The molecule has 3 fully saturated rings. The molecule has 1 saturated carbocycles. The fourth-order valence-corrected chi connectivity index (χ4v) is 4.80. The van der Waals surface area contributed by atoms with Crippen molar-refractivity contribution < 1.29 is 14.4 Å². The molecule has 3 aliphatic rings. The second-order valence-electron chi connectivity index (χ2n) is 8.11. The summed E-state index contributed by atoms with van der Waals surface area (Å²) in [7, 11) is 0. The van der Waals surface area contributed by atoms with Crippen LogP contribution in [0.5, 0.6) is 0 Å². The van der Waals surface area contributed by atoms with E-state index >= 15 is 0 Å². The minimum Gasteiger partial charge on any atom is -0.393 e. The number of amides is 1. The lowest BCUT2D eigenvalue weighted by atomic mass is 9.71. The molecule has 1 spiro atoms. The molecule has 3 heterocycles. The van der Waals surface area contributed by atoms with Crippen molar-refractivity contribution in [1.82, 2.24) is 19.9 Å². The van der Waals surface area contributed by atoms with Crippen LogP contribution in [0.2, 0.25) is 0 Å². The summed E-state index contributed by atoms with van der Waals surface area (Å²) >= 11 is 0. The van der Waals surface area contributed by atoms with Gasteiger partial charge in [-0.2, -0.15) is 4.98 Å². The first kappa shape index (κ1) is 17.0. The van der Waals surface area contributed by atoms with Gasteiger partial charge in [-0.15, -0.1) is 0 Å². The Morgan fingerprint density at radius 2 is 1.96 bits per heavy atom. The summed E-state index contributed by atoms with van der Waals surface area (Å²) in [4.78, 5) is 21.2. The van der Waals surface area contributed by atoms with Crippen molar-refractivity contribution in [3.63, 3.8) is 0 Å². The van der Waals surface area contributed by atoms with E-state index < -0.39 is 0 Å². The van der Waals surface area contributed by atoms with Gasteiger partial charge < -0.3 is 14.5 Å². The number of aromatic nitrogens is 2. The molecular weight excluding hydrogens is 320 g/mol. The van der Waals surface area contributed by atoms with Crippen molar-refractivity contribution in [1.29, 1.82) is 0 Å². The van der Waals surface area contributed by atoms with Gasteiger partial charge in [0.05, 0.1) is 12.6 Å². The number of nitrogens with zero attached hydrogens (tertiary/aromatic N) is 4. The van der Waals surface area contributed by atoms with E-state index in [9.17, 15) is 9.90 Å². The molecule has 0 atom stereocenters. The van der Waals surface area contributed by atoms with Crippen LogP contribution in [-0.2, 0) is 11.3 Å². The van der Waals surface area contributed by atoms with Gasteiger partial charge in [0.1, 0.15) is 0 Å². The lowest BCUT2D eigenvalue weighted by Crippen LogP contribution is -2.55. The first-order chi connectivity index (χ1) is 12.1. The first-order valence-corrected chi connectivity index (χ1v) is 9.59. The molecule has 0 radical (unpaired) electrons. The molecule has 7 nitrogen and oxygen atoms in total. The van der Waals surface area contributed by atoms with E-state index in [0.29, 0.717) is 18.4 Å². The van der Waals surface area contributed by atoms with Crippen LogP contribution in [0.1, 0.15) is 57.2 Å². The molecule has 0 unspecified atom stereocenters. The SMILES string of the molecule is O=C1CCC2(CCN(Cc3ncon3)CC2)CN1C1CCC(O)CC1. The summed E-state index contributed by atoms with van der Waals surface area (Å²) in [5.74, 6) is 1.07. The Balaban J connectivity index is 1.35. The Kier molecular flexibility index (Phi) is 4.78. The lowest BCUT2D eigenvalue weighted by Gasteiger charge is -2.50. The van der Waals surface area contributed by atoms with E-state index in [-0.39, 0.29) is 11.5 Å². The Bertz CT molecular complexity index is 575. The van der Waals surface area contributed by atoms with Crippen molar-refractivity contribution in [3.05, 3.63) is 12.2 Å². The van der Waals surface area contributed by atoms with E-state index in [1.165, 1.54) is 6.39 Å². The minimum atomic E-state index is -0.168. The average Bonchev–Trinajstić information content (AvgIpc) is 3.13. The van der Waals surface area contributed by atoms with Crippen LogP contribution in [-0.4, -0.2) is 62.7 Å². The van der Waals surface area contributed by atoms with Crippen molar-refractivity contribution >= 4 is 5.91 Å². The normalized spacial score (nSPS) is 30.8. The summed E-state index contributed by atoms with van der Waals surface area (Å²) in [6.45, 7) is 3.71. The minimum absolute atomic E-state index is 0.168. The maximum Gasteiger partial charge on any atom is 0.222 e. The van der Waals surface area contributed by atoms with Crippen molar-refractivity contribution in [2.75, 3.05) is 19.6 Å². The molecule has 138 valence electrons. The summed E-state index contributed by atoms with van der Waals surface area (Å²) < 4.78 is 4.82. The molecule has 0 bridgehead atoms. The second kappa shape index (κ2) is 7.03. The van der Waals surface area contributed by atoms with Crippen LogP contribution in [0.3, 0.4) is 0 Å². The number of piperidine rings is 2. The third kappa shape index (κ3) is 3.72. The maximum absolute atomic E-state index is 12.5. The van der Waals surface area contributed by atoms with Gasteiger partial charge in [0.15, 0.2) is 5.82 Å². The van der Waals surface area contributed by atoms with Crippen LogP contribution in [0.4, 0.5) is 0 Å². The van der Waals surface area contributed by atoms with Crippen LogP contribution >= 0.6 is 0 Å². The van der Waals surface area contributed by atoms with Gasteiger partial charge in [0.2, 0.25) is 12.3 Å². The monoisotopic (exact) mass is 348 g/mol. The summed E-state index contributed by atoms with van der Waals surface area (Å²) in [5, 5.41) is 13.6. The summed E-state index contributed by atoms with van der Waals surface area (Å²) in [5.41, 5.74) is 0.276. The molecular formula is C18H28N4O3. The third-order valence-corrected chi connectivity index (χ3v) is 6.49. The van der Waals surface area contributed by atoms with Crippen molar-refractivity contribution in [2.24, 2.45) is 5.41 Å². The highest BCUT2D eigenvalue weighted by molar-refractivity contribution is 5.77. The van der Waals surface area contributed by atoms with Crippen molar-refractivity contribution in [2.45, 2.75) is 70.1 Å². The van der Waals surface area contributed by atoms with Crippen LogP contribution < -0.4 is 0 Å². The Hall–Kier alpha value is -1.47. The first-order valence-electron chi connectivity index (χ1n) is 9.59. The zero-order valence-electron chi connectivity index (χ0n) is 14.8. The standard InChI is InChI=1S/C18H28N4O3/c23-15-3-1-14(2-4-15)22-12-18(6-5-17(22)24)7-9-21(10-8-18)11-16-19-13-25-20-16/h13-15,23H,1-12H2. The largest absolute Gasteiger partial charge is 0.393 e. The number of rotatable bonds is 3. The van der Waals surface area contributed by atoms with Gasteiger partial charge in [-0.3, -0.25) is 9.69 Å². The fourth-order valence-electron chi connectivity index (χ4n) is 4.80. The zero-order chi connectivity index (χ0) is 17.3. The molecule has 7 heteroatoms. The van der Waals surface area contributed by atoms with Gasteiger partial charge in [-0.1, -0.05) is 5.16 Å². The molecule has 0 aromatic carbocycles. The molecule has 4 rings (SSSR count). The smallest absolute Gasteiger partial charge is 0.222 e. The number of aliphatic hydroxyl groups is 1. The molecule has 25 heavy (non-hydrogen) atoms. The van der Waals surface area contributed by atoms with E-state index in [2.05, 4.69) is 19.9 Å². The summed E-state index contributed by atoms with van der Waals surface area (Å²) in [6, 6.07) is 0.338. The van der Waals surface area contributed by atoms with Crippen LogP contribution in [0.15, 0.2) is 10.9 Å². The van der Waals surface area contributed by atoms with Gasteiger partial charge >= 0.3 is 0 Å². The van der Waals surface area contributed by atoms with E-state index in [4.69, 9.17) is 4.52 Å². The predicted octanol–water partition coefficient (Wildman–Crippen LogP) is 1.58. The third-order valence-electron chi connectivity index (χ3n) is 6.49. The predicted molar refractivity (Wildman–Crippen MR) is 90.5 cm³/mol. The second-order valence-corrected chi connectivity index (χ2v) is 8.11. The van der Waals surface area contributed by atoms with Crippen molar-refractivity contribution in [3.8, 4) is 0 Å². The molecule has 1 aromatic heterocycles. The van der Waals surface area contributed by atoms with E-state index in [1.807, 2.05) is 0 Å². The van der Waals surface area contributed by atoms with Gasteiger partial charge in [0, 0.05) is 19.0 Å². The highest BCUT2D eigenvalue weighted by Crippen LogP contribution is 2.42. The Labute approximate surface area is 148 Å². The highest BCUT2D eigenvalue weighted by Gasteiger charge is 2.43. The Morgan fingerprint density at radius 1 is 1.20 bits per heavy atom. The molecule has 1 aromatic rings. The number of hydrogen-bond acceptors (Lipinski definition) is 6. The van der Waals surface area contributed by atoms with Crippen LogP contribution in [0, 0.1) is 5.41 Å². The highest BCUT2D eigenvalue weighted by atomic mass is 16.5. The number of carbonyl (C=O) groups excluding carboxylic acids is 1. The quantitative estimate of drug-likeness (QED) is 0.893. The number of aliphatic hydroxyl groups excluding tert-OH is 1. The molecule has 2 saturated heterocycles. The molecule has 1 aliphatic carbocycles. The van der Waals surface area contributed by atoms with E-state index in [0.717, 1.165) is 76.9 Å².